The van der Waals surface area contributed by atoms with Crippen LogP contribution in [0.1, 0.15) is 13.3 Å². The van der Waals surface area contributed by atoms with Crippen LogP contribution in [-0.2, 0) is 9.59 Å². The van der Waals surface area contributed by atoms with Gasteiger partial charge in [-0.2, -0.15) is 0 Å². The van der Waals surface area contributed by atoms with E-state index in [9.17, 15) is 9.59 Å². The van der Waals surface area contributed by atoms with Gasteiger partial charge in [-0.3, -0.25) is 9.59 Å². The molecule has 4 nitrogen and oxygen atoms in total. The SMILES string of the molecule is CCN1CC(C(=O)C=N)CC1=O. The predicted molar refractivity (Wildman–Crippen MR) is 44.2 cm³/mol. The summed E-state index contributed by atoms with van der Waals surface area (Å²) in [6.45, 7) is 3.03. The third kappa shape index (κ3) is 1.52. The van der Waals surface area contributed by atoms with Crippen molar-refractivity contribution in [2.24, 2.45) is 5.92 Å². The molecule has 1 unspecified atom stereocenters. The fraction of sp³-hybridized carbons (Fsp3) is 0.625. The van der Waals surface area contributed by atoms with Gasteiger partial charge in [0.2, 0.25) is 5.91 Å². The van der Waals surface area contributed by atoms with Gasteiger partial charge in [0.05, 0.1) is 6.21 Å². The number of hydrogen-bond donors (Lipinski definition) is 1. The maximum Gasteiger partial charge on any atom is 0.223 e. The van der Waals surface area contributed by atoms with Crippen LogP contribution in [0.3, 0.4) is 0 Å². The summed E-state index contributed by atoms with van der Waals surface area (Å²) >= 11 is 0. The molecule has 0 aromatic rings. The molecule has 1 aliphatic rings. The maximum absolute atomic E-state index is 11.1. The Morgan fingerprint density at radius 1 is 1.83 bits per heavy atom. The molecule has 1 heterocycles. The number of rotatable bonds is 3. The molecule has 1 atom stereocenters. The fourth-order valence-electron chi connectivity index (χ4n) is 1.39. The molecule has 1 saturated heterocycles. The number of amides is 1. The zero-order chi connectivity index (χ0) is 9.14. The van der Waals surface area contributed by atoms with Crippen molar-refractivity contribution < 1.29 is 9.59 Å². The van der Waals surface area contributed by atoms with Gasteiger partial charge in [-0.25, -0.2) is 0 Å². The van der Waals surface area contributed by atoms with Crippen molar-refractivity contribution in [1.29, 1.82) is 5.41 Å². The van der Waals surface area contributed by atoms with E-state index in [-0.39, 0.29) is 24.0 Å². The molecule has 0 aromatic heterocycles. The average molecular weight is 168 g/mol. The van der Waals surface area contributed by atoms with Crippen LogP contribution in [0, 0.1) is 11.3 Å². The van der Waals surface area contributed by atoms with Gasteiger partial charge >= 0.3 is 0 Å². The normalized spacial score (nSPS) is 22.9. The number of carbonyl (C=O) groups excluding carboxylic acids is 2. The van der Waals surface area contributed by atoms with Crippen molar-refractivity contribution in [1.82, 2.24) is 4.90 Å². The van der Waals surface area contributed by atoms with Gasteiger partial charge in [-0.05, 0) is 6.92 Å². The average Bonchev–Trinajstić information content (AvgIpc) is 2.45. The minimum Gasteiger partial charge on any atom is -0.342 e. The molecule has 1 N–H and O–H groups in total. The molecule has 0 spiro atoms. The highest BCUT2D eigenvalue weighted by Crippen LogP contribution is 2.17. The van der Waals surface area contributed by atoms with E-state index < -0.39 is 0 Å². The Morgan fingerprint density at radius 2 is 2.50 bits per heavy atom. The predicted octanol–water partition coefficient (Wildman–Crippen LogP) is 0.0735. The number of ketones is 1. The van der Waals surface area contributed by atoms with Crippen LogP contribution in [0.4, 0.5) is 0 Å². The summed E-state index contributed by atoms with van der Waals surface area (Å²) in [4.78, 5) is 23.8. The second kappa shape index (κ2) is 3.47. The van der Waals surface area contributed by atoms with Gasteiger partial charge in [0.15, 0.2) is 5.78 Å². The van der Waals surface area contributed by atoms with Crippen LogP contribution in [0.2, 0.25) is 0 Å². The van der Waals surface area contributed by atoms with E-state index in [1.165, 1.54) is 0 Å². The molecule has 1 rings (SSSR count). The first-order valence-electron chi connectivity index (χ1n) is 4.01. The van der Waals surface area contributed by atoms with Crippen LogP contribution < -0.4 is 0 Å². The lowest BCUT2D eigenvalue weighted by molar-refractivity contribution is -0.127. The van der Waals surface area contributed by atoms with Crippen molar-refractivity contribution >= 4 is 17.9 Å². The fourth-order valence-corrected chi connectivity index (χ4v) is 1.39. The topological polar surface area (TPSA) is 61.2 Å². The van der Waals surface area contributed by atoms with E-state index in [1.807, 2.05) is 6.92 Å². The van der Waals surface area contributed by atoms with E-state index in [1.54, 1.807) is 4.90 Å². The van der Waals surface area contributed by atoms with Crippen LogP contribution in [0.25, 0.3) is 0 Å². The third-order valence-electron chi connectivity index (χ3n) is 2.14. The first-order valence-corrected chi connectivity index (χ1v) is 4.01. The molecular weight excluding hydrogens is 156 g/mol. The molecule has 12 heavy (non-hydrogen) atoms. The first kappa shape index (κ1) is 8.90. The van der Waals surface area contributed by atoms with E-state index in [4.69, 9.17) is 5.41 Å². The van der Waals surface area contributed by atoms with Crippen LogP contribution in [-0.4, -0.2) is 35.9 Å². The van der Waals surface area contributed by atoms with E-state index >= 15 is 0 Å². The summed E-state index contributed by atoms with van der Waals surface area (Å²) in [5, 5.41) is 6.76. The number of nitrogens with one attached hydrogen (secondary N) is 1. The Morgan fingerprint density at radius 3 is 2.92 bits per heavy atom. The van der Waals surface area contributed by atoms with Gasteiger partial charge in [0.1, 0.15) is 0 Å². The lowest BCUT2D eigenvalue weighted by Crippen LogP contribution is -2.25. The summed E-state index contributed by atoms with van der Waals surface area (Å²) in [5.41, 5.74) is 0. The molecule has 1 amide bonds. The molecular formula is C8H12N2O2. The third-order valence-corrected chi connectivity index (χ3v) is 2.14. The summed E-state index contributed by atoms with van der Waals surface area (Å²) in [6.07, 6.45) is 1.08. The zero-order valence-corrected chi connectivity index (χ0v) is 7.04. The highest BCUT2D eigenvalue weighted by molar-refractivity contribution is 6.28. The van der Waals surface area contributed by atoms with Crippen molar-refractivity contribution in [3.05, 3.63) is 0 Å². The molecule has 0 aromatic carbocycles. The van der Waals surface area contributed by atoms with Crippen LogP contribution in [0.5, 0.6) is 0 Å². The van der Waals surface area contributed by atoms with Crippen molar-refractivity contribution in [3.63, 3.8) is 0 Å². The minimum absolute atomic E-state index is 0.0256. The number of nitrogens with zero attached hydrogens (tertiary/aromatic N) is 1. The lowest BCUT2D eigenvalue weighted by atomic mass is 10.0. The molecule has 1 fully saturated rings. The second-order valence-electron chi connectivity index (χ2n) is 2.88. The molecule has 0 bridgehead atoms. The number of hydrogen-bond acceptors (Lipinski definition) is 3. The Kier molecular flexibility index (Phi) is 2.58. The molecule has 0 radical (unpaired) electrons. The smallest absolute Gasteiger partial charge is 0.223 e. The Bertz CT molecular complexity index is 225. The van der Waals surface area contributed by atoms with Crippen molar-refractivity contribution in [3.8, 4) is 0 Å². The Balaban J connectivity index is 2.59. The van der Waals surface area contributed by atoms with Crippen LogP contribution in [0.15, 0.2) is 0 Å². The van der Waals surface area contributed by atoms with Gasteiger partial charge in [-0.1, -0.05) is 0 Å². The number of Topliss-reactive ketones (excluding diaryl/α,β-unsaturated/α-hetero) is 1. The van der Waals surface area contributed by atoms with E-state index in [0.717, 1.165) is 6.21 Å². The summed E-state index contributed by atoms with van der Waals surface area (Å²) in [6, 6.07) is 0. The van der Waals surface area contributed by atoms with E-state index in [2.05, 4.69) is 0 Å². The van der Waals surface area contributed by atoms with Gasteiger partial charge in [0, 0.05) is 25.4 Å². The second-order valence-corrected chi connectivity index (χ2v) is 2.88. The van der Waals surface area contributed by atoms with Gasteiger partial charge in [-0.15, -0.1) is 0 Å². The monoisotopic (exact) mass is 168 g/mol. The highest BCUT2D eigenvalue weighted by atomic mass is 16.2. The Hall–Kier alpha value is -1.19. The molecule has 4 heteroatoms. The van der Waals surface area contributed by atoms with Gasteiger partial charge in [0.25, 0.3) is 0 Å². The molecule has 1 aliphatic heterocycles. The molecule has 66 valence electrons. The Labute approximate surface area is 71.1 Å². The maximum atomic E-state index is 11.1. The first-order chi connectivity index (χ1) is 5.69. The molecule has 0 saturated carbocycles. The van der Waals surface area contributed by atoms with Crippen LogP contribution >= 0.6 is 0 Å². The minimum atomic E-state index is -0.269. The molecule has 0 aliphatic carbocycles. The lowest BCUT2D eigenvalue weighted by Gasteiger charge is -2.11. The summed E-state index contributed by atoms with van der Waals surface area (Å²) < 4.78 is 0. The number of likely N-dealkylation sites (tertiary alicyclic amines) is 1. The zero-order valence-electron chi connectivity index (χ0n) is 7.04. The highest BCUT2D eigenvalue weighted by Gasteiger charge is 2.31. The summed E-state index contributed by atoms with van der Waals surface area (Å²) in [5.74, 6) is -0.480. The quantitative estimate of drug-likeness (QED) is 0.606. The van der Waals surface area contributed by atoms with Crippen molar-refractivity contribution in [2.45, 2.75) is 13.3 Å². The van der Waals surface area contributed by atoms with Crippen molar-refractivity contribution in [2.75, 3.05) is 13.1 Å². The number of carbonyl (C=O) groups is 2. The standard InChI is InChI=1S/C8H12N2O2/c1-2-10-5-6(3-8(10)12)7(11)4-9/h4,6,9H,2-3,5H2,1H3. The summed E-state index contributed by atoms with van der Waals surface area (Å²) in [7, 11) is 0. The van der Waals surface area contributed by atoms with Gasteiger partial charge < -0.3 is 10.3 Å². The largest absolute Gasteiger partial charge is 0.342 e. The van der Waals surface area contributed by atoms with E-state index in [0.29, 0.717) is 13.1 Å².